The van der Waals surface area contributed by atoms with Gasteiger partial charge in [-0.15, -0.1) is 12.3 Å². The standard InChI is InChI=1S/C10H12ClN3O/c1-2-3-4-5-6-12-8-7-13-14-10(15)9(8)11/h1,7H,3-6H2,(H2,12,14,15). The molecule has 0 radical (unpaired) electrons. The van der Waals surface area contributed by atoms with Crippen LogP contribution in [0.5, 0.6) is 0 Å². The van der Waals surface area contributed by atoms with Crippen molar-refractivity contribution < 1.29 is 0 Å². The van der Waals surface area contributed by atoms with Gasteiger partial charge in [0.15, 0.2) is 0 Å². The van der Waals surface area contributed by atoms with Crippen molar-refractivity contribution in [1.29, 1.82) is 0 Å². The van der Waals surface area contributed by atoms with Crippen LogP contribution < -0.4 is 10.9 Å². The smallest absolute Gasteiger partial charge is 0.285 e. The Hall–Kier alpha value is -1.47. The van der Waals surface area contributed by atoms with Gasteiger partial charge in [0.25, 0.3) is 5.56 Å². The van der Waals surface area contributed by atoms with Gasteiger partial charge in [-0.25, -0.2) is 5.10 Å². The summed E-state index contributed by atoms with van der Waals surface area (Å²) in [5, 5.41) is 9.06. The number of aromatic amines is 1. The third-order valence-electron chi connectivity index (χ3n) is 1.86. The second-order valence-electron chi connectivity index (χ2n) is 3.01. The lowest BCUT2D eigenvalue weighted by atomic mass is 10.2. The fourth-order valence-electron chi connectivity index (χ4n) is 1.08. The van der Waals surface area contributed by atoms with Gasteiger partial charge in [0.2, 0.25) is 0 Å². The molecule has 0 spiro atoms. The number of halogens is 1. The van der Waals surface area contributed by atoms with Crippen LogP contribution in [0.3, 0.4) is 0 Å². The molecule has 0 unspecified atom stereocenters. The van der Waals surface area contributed by atoms with Crippen LogP contribution >= 0.6 is 11.6 Å². The predicted molar refractivity (Wildman–Crippen MR) is 61.0 cm³/mol. The van der Waals surface area contributed by atoms with Gasteiger partial charge in [-0.2, -0.15) is 5.10 Å². The number of hydrogen-bond donors (Lipinski definition) is 2. The molecule has 80 valence electrons. The molecule has 0 aromatic carbocycles. The van der Waals surface area contributed by atoms with Crippen molar-refractivity contribution in [2.45, 2.75) is 19.3 Å². The highest BCUT2D eigenvalue weighted by Crippen LogP contribution is 2.14. The Morgan fingerprint density at radius 1 is 1.60 bits per heavy atom. The van der Waals surface area contributed by atoms with E-state index in [1.807, 2.05) is 0 Å². The van der Waals surface area contributed by atoms with E-state index in [1.54, 1.807) is 0 Å². The maximum Gasteiger partial charge on any atom is 0.285 e. The summed E-state index contributed by atoms with van der Waals surface area (Å²) in [5.41, 5.74) is 0.173. The average Bonchev–Trinajstić information content (AvgIpc) is 2.24. The van der Waals surface area contributed by atoms with E-state index in [9.17, 15) is 4.79 Å². The minimum Gasteiger partial charge on any atom is -0.382 e. The maximum atomic E-state index is 11.1. The lowest BCUT2D eigenvalue weighted by Gasteiger charge is -2.05. The van der Waals surface area contributed by atoms with Crippen molar-refractivity contribution in [3.8, 4) is 12.3 Å². The number of nitrogens with one attached hydrogen (secondary N) is 2. The second kappa shape index (κ2) is 6.10. The van der Waals surface area contributed by atoms with Crippen LogP contribution in [0.15, 0.2) is 11.0 Å². The minimum absolute atomic E-state index is 0.141. The number of unbranched alkanes of at least 4 members (excludes halogenated alkanes) is 2. The number of nitrogens with zero attached hydrogens (tertiary/aromatic N) is 1. The summed E-state index contributed by atoms with van der Waals surface area (Å²) in [6.45, 7) is 0.729. The van der Waals surface area contributed by atoms with E-state index in [4.69, 9.17) is 18.0 Å². The van der Waals surface area contributed by atoms with Crippen molar-refractivity contribution in [2.24, 2.45) is 0 Å². The highest BCUT2D eigenvalue weighted by Gasteiger charge is 2.02. The summed E-state index contributed by atoms with van der Waals surface area (Å²) in [5.74, 6) is 2.57. The quantitative estimate of drug-likeness (QED) is 0.592. The van der Waals surface area contributed by atoms with Crippen LogP contribution in [0.25, 0.3) is 0 Å². The molecule has 15 heavy (non-hydrogen) atoms. The molecule has 0 atom stereocenters. The normalized spacial score (nSPS) is 9.60. The first-order valence-corrected chi connectivity index (χ1v) is 5.04. The molecule has 1 rings (SSSR count). The number of aromatic nitrogens is 2. The first kappa shape index (κ1) is 11.6. The van der Waals surface area contributed by atoms with Gasteiger partial charge in [-0.1, -0.05) is 11.6 Å². The Morgan fingerprint density at radius 3 is 3.13 bits per heavy atom. The monoisotopic (exact) mass is 225 g/mol. The first-order chi connectivity index (χ1) is 7.25. The highest BCUT2D eigenvalue weighted by atomic mass is 35.5. The predicted octanol–water partition coefficient (Wildman–Crippen LogP) is 1.64. The van der Waals surface area contributed by atoms with Gasteiger partial charge in [-0.05, 0) is 12.8 Å². The van der Waals surface area contributed by atoms with Gasteiger partial charge < -0.3 is 5.32 Å². The van der Waals surface area contributed by atoms with Crippen LogP contribution in [-0.4, -0.2) is 16.7 Å². The third-order valence-corrected chi connectivity index (χ3v) is 2.23. The first-order valence-electron chi connectivity index (χ1n) is 4.66. The molecule has 0 saturated heterocycles. The lowest BCUT2D eigenvalue weighted by molar-refractivity contribution is 0.788. The maximum absolute atomic E-state index is 11.1. The van der Waals surface area contributed by atoms with Gasteiger partial charge in [0.05, 0.1) is 11.9 Å². The molecule has 4 nitrogen and oxygen atoms in total. The fraction of sp³-hybridized carbons (Fsp3) is 0.400. The highest BCUT2D eigenvalue weighted by molar-refractivity contribution is 6.32. The minimum atomic E-state index is -0.384. The molecule has 0 fully saturated rings. The summed E-state index contributed by atoms with van der Waals surface area (Å²) in [4.78, 5) is 11.1. The largest absolute Gasteiger partial charge is 0.382 e. The molecular formula is C10H12ClN3O. The zero-order valence-corrected chi connectivity index (χ0v) is 8.97. The number of rotatable bonds is 5. The zero-order chi connectivity index (χ0) is 11.1. The summed E-state index contributed by atoms with van der Waals surface area (Å²) >= 11 is 5.75. The van der Waals surface area contributed by atoms with Gasteiger partial charge >= 0.3 is 0 Å². The molecule has 0 aliphatic heterocycles. The van der Waals surface area contributed by atoms with Crippen LogP contribution in [0.4, 0.5) is 5.69 Å². The van der Waals surface area contributed by atoms with Crippen molar-refractivity contribution in [3.63, 3.8) is 0 Å². The van der Waals surface area contributed by atoms with E-state index in [2.05, 4.69) is 21.4 Å². The topological polar surface area (TPSA) is 57.8 Å². The third kappa shape index (κ3) is 3.64. The van der Waals surface area contributed by atoms with Crippen LogP contribution in [0.2, 0.25) is 5.02 Å². The molecule has 0 aliphatic carbocycles. The summed E-state index contributed by atoms with van der Waals surface area (Å²) in [7, 11) is 0. The zero-order valence-electron chi connectivity index (χ0n) is 8.22. The number of anilines is 1. The number of H-pyrrole nitrogens is 1. The van der Waals surface area contributed by atoms with Gasteiger partial charge in [0.1, 0.15) is 5.02 Å². The molecule has 0 amide bonds. The van der Waals surface area contributed by atoms with Crippen molar-refractivity contribution in [2.75, 3.05) is 11.9 Å². The van der Waals surface area contributed by atoms with Crippen LogP contribution in [-0.2, 0) is 0 Å². The van der Waals surface area contributed by atoms with Crippen molar-refractivity contribution in [3.05, 3.63) is 21.6 Å². The Labute approximate surface area is 93.0 Å². The molecule has 2 N–H and O–H groups in total. The van der Waals surface area contributed by atoms with E-state index in [-0.39, 0.29) is 10.6 Å². The summed E-state index contributed by atoms with van der Waals surface area (Å²) in [6, 6.07) is 0. The van der Waals surface area contributed by atoms with Crippen molar-refractivity contribution in [1.82, 2.24) is 10.2 Å². The van der Waals surface area contributed by atoms with E-state index >= 15 is 0 Å². The molecule has 5 heteroatoms. The Bertz CT molecular complexity index is 408. The second-order valence-corrected chi connectivity index (χ2v) is 3.39. The molecule has 1 aromatic heterocycles. The molecule has 0 saturated carbocycles. The SMILES string of the molecule is C#CCCCCNc1cn[nH]c(=O)c1Cl. The van der Waals surface area contributed by atoms with Crippen LogP contribution in [0, 0.1) is 12.3 Å². The van der Waals surface area contributed by atoms with Gasteiger partial charge in [-0.3, -0.25) is 4.79 Å². The fourth-order valence-corrected chi connectivity index (χ4v) is 1.24. The van der Waals surface area contributed by atoms with Gasteiger partial charge in [0, 0.05) is 13.0 Å². The number of hydrogen-bond acceptors (Lipinski definition) is 3. The van der Waals surface area contributed by atoms with E-state index in [0.717, 1.165) is 25.8 Å². The van der Waals surface area contributed by atoms with Crippen LogP contribution in [0.1, 0.15) is 19.3 Å². The molecule has 0 bridgehead atoms. The Morgan fingerprint density at radius 2 is 2.40 bits per heavy atom. The molecule has 1 aromatic rings. The Balaban J connectivity index is 2.42. The number of terminal acetylenes is 1. The Kier molecular flexibility index (Phi) is 4.72. The molecular weight excluding hydrogens is 214 g/mol. The van der Waals surface area contributed by atoms with E-state index in [0.29, 0.717) is 5.69 Å². The molecule has 1 heterocycles. The lowest BCUT2D eigenvalue weighted by Crippen LogP contribution is -2.12. The summed E-state index contributed by atoms with van der Waals surface area (Å²) in [6.07, 6.45) is 9.27. The van der Waals surface area contributed by atoms with E-state index in [1.165, 1.54) is 6.20 Å². The van der Waals surface area contributed by atoms with Crippen molar-refractivity contribution >= 4 is 17.3 Å². The summed E-state index contributed by atoms with van der Waals surface area (Å²) < 4.78 is 0. The average molecular weight is 226 g/mol. The molecule has 0 aliphatic rings. The van der Waals surface area contributed by atoms with E-state index < -0.39 is 0 Å².